The van der Waals surface area contributed by atoms with Crippen LogP contribution in [0.15, 0.2) is 36.4 Å². The fourth-order valence-corrected chi connectivity index (χ4v) is 2.61. The fourth-order valence-electron chi connectivity index (χ4n) is 2.46. The number of aryl methyl sites for hydroxylation is 2. The Morgan fingerprint density at radius 1 is 1.14 bits per heavy atom. The minimum atomic E-state index is -0.262. The van der Waals surface area contributed by atoms with Gasteiger partial charge in [-0.05, 0) is 56.2 Å². The van der Waals surface area contributed by atoms with Gasteiger partial charge in [0.05, 0.1) is 22.1 Å². The molecule has 21 heavy (non-hydrogen) atoms. The lowest BCUT2D eigenvalue weighted by Gasteiger charge is -2.11. The van der Waals surface area contributed by atoms with Gasteiger partial charge in [-0.2, -0.15) is 0 Å². The summed E-state index contributed by atoms with van der Waals surface area (Å²) < 4.78 is 15.8. The standard InChI is InChI=1S/C17H16ClFN2/c1-10-4-7-15-16(8-10)21(17(20-15)12(3)18)13-6-5-11(2)14(19)9-13/h4-9,12H,1-3H3. The van der Waals surface area contributed by atoms with Crippen molar-refractivity contribution >= 4 is 22.6 Å². The molecule has 0 amide bonds. The van der Waals surface area contributed by atoms with Crippen LogP contribution in [0.3, 0.4) is 0 Å². The summed E-state index contributed by atoms with van der Waals surface area (Å²) in [5.74, 6) is 0.496. The number of nitrogens with zero attached hydrogens (tertiary/aromatic N) is 2. The summed E-state index contributed by atoms with van der Waals surface area (Å²) in [6.07, 6.45) is 0. The van der Waals surface area contributed by atoms with Crippen LogP contribution in [0.25, 0.3) is 16.7 Å². The van der Waals surface area contributed by atoms with E-state index in [-0.39, 0.29) is 11.2 Å². The zero-order valence-corrected chi connectivity index (χ0v) is 12.9. The molecule has 0 saturated carbocycles. The van der Waals surface area contributed by atoms with Crippen molar-refractivity contribution in [3.8, 4) is 5.69 Å². The summed E-state index contributed by atoms with van der Waals surface area (Å²) in [6, 6.07) is 11.2. The summed E-state index contributed by atoms with van der Waals surface area (Å²) in [5.41, 5.74) is 4.31. The normalized spacial score (nSPS) is 12.8. The molecule has 0 radical (unpaired) electrons. The molecule has 4 heteroatoms. The minimum absolute atomic E-state index is 0.227. The van der Waals surface area contributed by atoms with Gasteiger partial charge in [0, 0.05) is 0 Å². The van der Waals surface area contributed by atoms with Crippen LogP contribution in [0, 0.1) is 19.7 Å². The molecule has 0 bridgehead atoms. The number of hydrogen-bond donors (Lipinski definition) is 0. The van der Waals surface area contributed by atoms with E-state index in [1.54, 1.807) is 13.0 Å². The minimum Gasteiger partial charge on any atom is -0.295 e. The van der Waals surface area contributed by atoms with Gasteiger partial charge in [0.1, 0.15) is 11.6 Å². The third-order valence-electron chi connectivity index (χ3n) is 3.61. The van der Waals surface area contributed by atoms with E-state index in [2.05, 4.69) is 4.98 Å². The van der Waals surface area contributed by atoms with Gasteiger partial charge in [0.2, 0.25) is 0 Å². The maximum atomic E-state index is 13.9. The van der Waals surface area contributed by atoms with E-state index in [0.29, 0.717) is 5.56 Å². The van der Waals surface area contributed by atoms with Crippen LogP contribution in [-0.4, -0.2) is 9.55 Å². The molecule has 1 unspecified atom stereocenters. The Morgan fingerprint density at radius 3 is 2.57 bits per heavy atom. The highest BCUT2D eigenvalue weighted by Gasteiger charge is 2.17. The summed E-state index contributed by atoms with van der Waals surface area (Å²) in [7, 11) is 0. The number of alkyl halides is 1. The Kier molecular flexibility index (Phi) is 3.46. The Hall–Kier alpha value is -1.87. The van der Waals surface area contributed by atoms with Crippen molar-refractivity contribution < 1.29 is 4.39 Å². The van der Waals surface area contributed by atoms with Gasteiger partial charge in [0.15, 0.2) is 0 Å². The third-order valence-corrected chi connectivity index (χ3v) is 3.80. The zero-order valence-electron chi connectivity index (χ0n) is 12.2. The van der Waals surface area contributed by atoms with Crippen molar-refractivity contribution in [3.05, 3.63) is 59.2 Å². The molecule has 3 rings (SSSR count). The summed E-state index contributed by atoms with van der Waals surface area (Å²) in [5, 5.41) is -0.262. The molecule has 0 aliphatic rings. The molecule has 0 aliphatic heterocycles. The highest BCUT2D eigenvalue weighted by Crippen LogP contribution is 2.29. The first-order valence-electron chi connectivity index (χ1n) is 6.87. The molecule has 1 aromatic heterocycles. The van der Waals surface area contributed by atoms with E-state index < -0.39 is 0 Å². The monoisotopic (exact) mass is 302 g/mol. The van der Waals surface area contributed by atoms with Gasteiger partial charge in [0.25, 0.3) is 0 Å². The Balaban J connectivity index is 2.35. The average Bonchev–Trinajstić information content (AvgIpc) is 2.80. The first kappa shape index (κ1) is 14.1. The quantitative estimate of drug-likeness (QED) is 0.604. The largest absolute Gasteiger partial charge is 0.295 e. The topological polar surface area (TPSA) is 17.8 Å². The van der Waals surface area contributed by atoms with Gasteiger partial charge in [-0.15, -0.1) is 11.6 Å². The molecule has 108 valence electrons. The number of hydrogen-bond acceptors (Lipinski definition) is 1. The van der Waals surface area contributed by atoms with Crippen LogP contribution in [0.1, 0.15) is 29.3 Å². The predicted octanol–water partition coefficient (Wildman–Crippen LogP) is 5.08. The summed E-state index contributed by atoms with van der Waals surface area (Å²) in [6.45, 7) is 5.65. The molecule has 1 atom stereocenters. The number of halogens is 2. The van der Waals surface area contributed by atoms with Crippen molar-refractivity contribution in [3.63, 3.8) is 0 Å². The van der Waals surface area contributed by atoms with Gasteiger partial charge in [-0.3, -0.25) is 4.57 Å². The lowest BCUT2D eigenvalue weighted by molar-refractivity contribution is 0.617. The first-order chi connectivity index (χ1) is 9.97. The maximum absolute atomic E-state index is 13.9. The third kappa shape index (κ3) is 2.42. The fraction of sp³-hybridized carbons (Fsp3) is 0.235. The lowest BCUT2D eigenvalue weighted by Crippen LogP contribution is -2.02. The van der Waals surface area contributed by atoms with Crippen LogP contribution in [-0.2, 0) is 0 Å². The van der Waals surface area contributed by atoms with Gasteiger partial charge >= 0.3 is 0 Å². The molecule has 0 fully saturated rings. The van der Waals surface area contributed by atoms with Crippen LogP contribution in [0.2, 0.25) is 0 Å². The molecule has 3 aromatic rings. The number of rotatable bonds is 2. The number of benzene rings is 2. The smallest absolute Gasteiger partial charge is 0.132 e. The molecular formula is C17H16ClFN2. The van der Waals surface area contributed by atoms with E-state index in [0.717, 1.165) is 28.1 Å². The Morgan fingerprint density at radius 2 is 1.90 bits per heavy atom. The maximum Gasteiger partial charge on any atom is 0.132 e. The van der Waals surface area contributed by atoms with Crippen LogP contribution < -0.4 is 0 Å². The first-order valence-corrected chi connectivity index (χ1v) is 7.30. The number of fused-ring (bicyclic) bond motifs is 1. The van der Waals surface area contributed by atoms with Crippen LogP contribution in [0.5, 0.6) is 0 Å². The lowest BCUT2D eigenvalue weighted by atomic mass is 10.2. The summed E-state index contributed by atoms with van der Waals surface area (Å²) >= 11 is 6.26. The molecule has 0 N–H and O–H groups in total. The van der Waals surface area contributed by atoms with Crippen molar-refractivity contribution in [1.82, 2.24) is 9.55 Å². The van der Waals surface area contributed by atoms with Crippen LogP contribution in [0.4, 0.5) is 4.39 Å². The van der Waals surface area contributed by atoms with Crippen LogP contribution >= 0.6 is 11.6 Å². The number of imidazole rings is 1. The molecule has 0 saturated heterocycles. The zero-order chi connectivity index (χ0) is 15.1. The van der Waals surface area contributed by atoms with Gasteiger partial charge in [-0.1, -0.05) is 12.1 Å². The number of aromatic nitrogens is 2. The highest BCUT2D eigenvalue weighted by atomic mass is 35.5. The van der Waals surface area contributed by atoms with E-state index in [1.165, 1.54) is 6.07 Å². The predicted molar refractivity (Wildman–Crippen MR) is 84.8 cm³/mol. The highest BCUT2D eigenvalue weighted by molar-refractivity contribution is 6.20. The second-order valence-corrected chi connectivity index (χ2v) is 6.00. The van der Waals surface area contributed by atoms with Gasteiger partial charge < -0.3 is 0 Å². The SMILES string of the molecule is Cc1ccc2nc(C(C)Cl)n(-c3ccc(C)c(F)c3)c2c1. The summed E-state index contributed by atoms with van der Waals surface area (Å²) in [4.78, 5) is 4.59. The molecule has 2 nitrogen and oxygen atoms in total. The van der Waals surface area contributed by atoms with E-state index >= 15 is 0 Å². The van der Waals surface area contributed by atoms with Crippen molar-refractivity contribution in [2.75, 3.05) is 0 Å². The Labute approximate surface area is 128 Å². The molecule has 0 spiro atoms. The van der Waals surface area contributed by atoms with Crippen molar-refractivity contribution in [2.24, 2.45) is 0 Å². The second-order valence-electron chi connectivity index (χ2n) is 5.35. The average molecular weight is 303 g/mol. The molecule has 0 aliphatic carbocycles. The van der Waals surface area contributed by atoms with Crippen molar-refractivity contribution in [2.45, 2.75) is 26.1 Å². The molecular weight excluding hydrogens is 287 g/mol. The molecule has 2 aromatic carbocycles. The van der Waals surface area contributed by atoms with E-state index in [4.69, 9.17) is 11.6 Å². The van der Waals surface area contributed by atoms with E-state index in [9.17, 15) is 4.39 Å². The molecule has 1 heterocycles. The van der Waals surface area contributed by atoms with Crippen molar-refractivity contribution in [1.29, 1.82) is 0 Å². The Bertz CT molecular complexity index is 821. The van der Waals surface area contributed by atoms with E-state index in [1.807, 2.05) is 42.7 Å². The van der Waals surface area contributed by atoms with Gasteiger partial charge in [-0.25, -0.2) is 9.37 Å². The second kappa shape index (κ2) is 5.15.